The van der Waals surface area contributed by atoms with Gasteiger partial charge in [0.1, 0.15) is 5.75 Å². The highest BCUT2D eigenvalue weighted by molar-refractivity contribution is 5.30. The Balaban J connectivity index is 2.54. The summed E-state index contributed by atoms with van der Waals surface area (Å²) < 4.78 is 42.3. The Hall–Kier alpha value is -1.19. The molecular weight excluding hydrogens is 217 g/mol. The van der Waals surface area contributed by atoms with Crippen LogP contribution >= 0.6 is 0 Å². The topological polar surface area (TPSA) is 9.23 Å². The summed E-state index contributed by atoms with van der Waals surface area (Å²) in [4.78, 5) is 0. The first-order valence-electron chi connectivity index (χ1n) is 5.34. The predicted octanol–water partition coefficient (Wildman–Crippen LogP) is 4.27. The predicted molar refractivity (Wildman–Crippen MR) is 56.5 cm³/mol. The summed E-state index contributed by atoms with van der Waals surface area (Å²) in [5.74, 6) is 0.283. The quantitative estimate of drug-likeness (QED) is 0.689. The maximum atomic E-state index is 12.4. The lowest BCUT2D eigenvalue weighted by molar-refractivity contribution is -0.137. The summed E-state index contributed by atoms with van der Waals surface area (Å²) in [6.45, 7) is 2.53. The monoisotopic (exact) mass is 232 g/mol. The van der Waals surface area contributed by atoms with Crippen molar-refractivity contribution in [2.75, 3.05) is 6.61 Å². The minimum absolute atomic E-state index is 0.283. The number of ether oxygens (including phenoxy) is 1. The Bertz CT molecular complexity index is 320. The normalized spacial score (nSPS) is 11.5. The first-order chi connectivity index (χ1) is 7.54. The van der Waals surface area contributed by atoms with Crippen LogP contribution in [-0.2, 0) is 6.18 Å². The van der Waals surface area contributed by atoms with Gasteiger partial charge in [0.15, 0.2) is 0 Å². The van der Waals surface area contributed by atoms with E-state index in [1.165, 1.54) is 6.07 Å². The van der Waals surface area contributed by atoms with E-state index in [1.54, 1.807) is 6.07 Å². The van der Waals surface area contributed by atoms with E-state index in [1.807, 2.05) is 0 Å². The van der Waals surface area contributed by atoms with Crippen molar-refractivity contribution in [3.63, 3.8) is 0 Å². The fraction of sp³-hybridized carbons (Fsp3) is 0.500. The lowest BCUT2D eigenvalue weighted by Crippen LogP contribution is -2.05. The van der Waals surface area contributed by atoms with Crippen LogP contribution < -0.4 is 4.74 Å². The third-order valence-electron chi connectivity index (χ3n) is 2.18. The number of alkyl halides is 3. The van der Waals surface area contributed by atoms with Crippen LogP contribution in [0.2, 0.25) is 0 Å². The SMILES string of the molecule is CCCCCOc1cccc(C(F)(F)F)c1. The van der Waals surface area contributed by atoms with Gasteiger partial charge < -0.3 is 4.74 Å². The van der Waals surface area contributed by atoms with Crippen molar-refractivity contribution in [2.45, 2.75) is 32.4 Å². The molecule has 0 bridgehead atoms. The molecule has 0 saturated carbocycles. The highest BCUT2D eigenvalue weighted by Crippen LogP contribution is 2.31. The van der Waals surface area contributed by atoms with Crippen LogP contribution in [0, 0.1) is 0 Å². The fourth-order valence-electron chi connectivity index (χ4n) is 1.30. The molecule has 0 saturated heterocycles. The first kappa shape index (κ1) is 12.9. The van der Waals surface area contributed by atoms with Crippen molar-refractivity contribution in [1.29, 1.82) is 0 Å². The number of hydrogen-bond acceptors (Lipinski definition) is 1. The highest BCUT2D eigenvalue weighted by atomic mass is 19.4. The summed E-state index contributed by atoms with van der Waals surface area (Å²) in [6.07, 6.45) is -1.35. The van der Waals surface area contributed by atoms with Crippen LogP contribution in [0.15, 0.2) is 24.3 Å². The molecule has 0 amide bonds. The molecule has 1 rings (SSSR count). The molecule has 0 atom stereocenters. The van der Waals surface area contributed by atoms with Crippen LogP contribution in [0.3, 0.4) is 0 Å². The summed E-state index contributed by atoms with van der Waals surface area (Å²) in [6, 6.07) is 4.98. The van der Waals surface area contributed by atoms with Gasteiger partial charge in [0.05, 0.1) is 12.2 Å². The molecule has 1 aromatic rings. The van der Waals surface area contributed by atoms with Crippen molar-refractivity contribution < 1.29 is 17.9 Å². The highest BCUT2D eigenvalue weighted by Gasteiger charge is 2.30. The number of unbranched alkanes of at least 4 members (excludes halogenated alkanes) is 2. The molecule has 0 aromatic heterocycles. The van der Waals surface area contributed by atoms with Gasteiger partial charge in [-0.25, -0.2) is 0 Å². The Morgan fingerprint density at radius 1 is 1.19 bits per heavy atom. The molecule has 0 fully saturated rings. The van der Waals surface area contributed by atoms with Crippen LogP contribution in [0.4, 0.5) is 13.2 Å². The fourth-order valence-corrected chi connectivity index (χ4v) is 1.30. The summed E-state index contributed by atoms with van der Waals surface area (Å²) in [5.41, 5.74) is -0.666. The second-order valence-corrected chi connectivity index (χ2v) is 3.58. The molecule has 90 valence electrons. The van der Waals surface area contributed by atoms with Crippen LogP contribution in [0.5, 0.6) is 5.75 Å². The van der Waals surface area contributed by atoms with E-state index >= 15 is 0 Å². The summed E-state index contributed by atoms with van der Waals surface area (Å²) in [7, 11) is 0. The van der Waals surface area contributed by atoms with Crippen molar-refractivity contribution in [3.05, 3.63) is 29.8 Å². The molecule has 0 aliphatic heterocycles. The molecule has 16 heavy (non-hydrogen) atoms. The lowest BCUT2D eigenvalue weighted by Gasteiger charge is -2.09. The summed E-state index contributed by atoms with van der Waals surface area (Å²) >= 11 is 0. The standard InChI is InChI=1S/C12H15F3O/c1-2-3-4-8-16-11-7-5-6-10(9-11)12(13,14)15/h5-7,9H,2-4,8H2,1H3. The van der Waals surface area contributed by atoms with Gasteiger partial charge in [-0.1, -0.05) is 25.8 Å². The number of benzene rings is 1. The van der Waals surface area contributed by atoms with Gasteiger partial charge in [-0.15, -0.1) is 0 Å². The van der Waals surface area contributed by atoms with E-state index in [-0.39, 0.29) is 5.75 Å². The molecule has 1 aromatic carbocycles. The maximum Gasteiger partial charge on any atom is 0.416 e. The van der Waals surface area contributed by atoms with Crippen LogP contribution in [0.25, 0.3) is 0 Å². The Kier molecular flexibility index (Phi) is 4.65. The van der Waals surface area contributed by atoms with Crippen LogP contribution in [-0.4, -0.2) is 6.61 Å². The van der Waals surface area contributed by atoms with E-state index in [0.717, 1.165) is 31.4 Å². The summed E-state index contributed by atoms with van der Waals surface area (Å²) in [5, 5.41) is 0. The minimum Gasteiger partial charge on any atom is -0.494 e. The largest absolute Gasteiger partial charge is 0.494 e. The van der Waals surface area contributed by atoms with Gasteiger partial charge in [-0.05, 0) is 24.6 Å². The molecule has 0 aliphatic carbocycles. The van der Waals surface area contributed by atoms with Gasteiger partial charge in [-0.3, -0.25) is 0 Å². The number of rotatable bonds is 5. The van der Waals surface area contributed by atoms with Gasteiger partial charge in [0.25, 0.3) is 0 Å². The maximum absolute atomic E-state index is 12.4. The van der Waals surface area contributed by atoms with E-state index < -0.39 is 11.7 Å². The second kappa shape index (κ2) is 5.77. The van der Waals surface area contributed by atoms with Gasteiger partial charge >= 0.3 is 6.18 Å². The zero-order valence-electron chi connectivity index (χ0n) is 9.18. The van der Waals surface area contributed by atoms with Gasteiger partial charge in [-0.2, -0.15) is 13.2 Å². The Morgan fingerprint density at radius 2 is 1.94 bits per heavy atom. The average Bonchev–Trinajstić information content (AvgIpc) is 2.24. The Labute approximate surface area is 93.2 Å². The third-order valence-corrected chi connectivity index (χ3v) is 2.18. The van der Waals surface area contributed by atoms with Gasteiger partial charge in [0.2, 0.25) is 0 Å². The lowest BCUT2D eigenvalue weighted by atomic mass is 10.2. The van der Waals surface area contributed by atoms with Crippen molar-refractivity contribution in [1.82, 2.24) is 0 Å². The Morgan fingerprint density at radius 3 is 2.56 bits per heavy atom. The zero-order valence-corrected chi connectivity index (χ0v) is 9.18. The molecule has 0 N–H and O–H groups in total. The van der Waals surface area contributed by atoms with Crippen LogP contribution in [0.1, 0.15) is 31.7 Å². The zero-order chi connectivity index (χ0) is 12.0. The molecule has 0 spiro atoms. The second-order valence-electron chi connectivity index (χ2n) is 3.58. The van der Waals surface area contributed by atoms with Crippen molar-refractivity contribution >= 4 is 0 Å². The van der Waals surface area contributed by atoms with Crippen molar-refractivity contribution in [2.24, 2.45) is 0 Å². The first-order valence-corrected chi connectivity index (χ1v) is 5.34. The van der Waals surface area contributed by atoms with E-state index in [4.69, 9.17) is 4.74 Å². The molecule has 0 radical (unpaired) electrons. The van der Waals surface area contributed by atoms with E-state index in [0.29, 0.717) is 6.61 Å². The number of halogens is 3. The molecule has 0 unspecified atom stereocenters. The van der Waals surface area contributed by atoms with E-state index in [2.05, 4.69) is 6.92 Å². The molecule has 0 heterocycles. The average molecular weight is 232 g/mol. The molecule has 4 heteroatoms. The third kappa shape index (κ3) is 4.13. The minimum atomic E-state index is -4.30. The van der Waals surface area contributed by atoms with Crippen molar-refractivity contribution in [3.8, 4) is 5.75 Å². The smallest absolute Gasteiger partial charge is 0.416 e. The number of hydrogen-bond donors (Lipinski definition) is 0. The molecule has 1 nitrogen and oxygen atoms in total. The van der Waals surface area contributed by atoms with Gasteiger partial charge in [0, 0.05) is 0 Å². The molecule has 0 aliphatic rings. The van der Waals surface area contributed by atoms with E-state index in [9.17, 15) is 13.2 Å². The molecular formula is C12H15F3O.